The number of carbonyl (C=O) groups is 1. The number of amides is 1. The minimum Gasteiger partial charge on any atom is -0.496 e. The SMILES string of the molecule is COc1ccc([N+](=O)[O-])cc1-c1ccc(/C=c2\sc3n(c2=O)C(c2ccc(F)cc2)C(C(=O)Nc2ccccc2)=C(C)N=3)o1. The fourth-order valence-corrected chi connectivity index (χ4v) is 6.03. The minimum absolute atomic E-state index is 0.129. The number of nitro groups is 1. The average Bonchev–Trinajstić information content (AvgIpc) is 3.61. The molecule has 0 saturated heterocycles. The van der Waals surface area contributed by atoms with Crippen molar-refractivity contribution in [3.63, 3.8) is 0 Å². The number of benzene rings is 3. The van der Waals surface area contributed by atoms with Crippen molar-refractivity contribution >= 4 is 34.7 Å². The highest BCUT2D eigenvalue weighted by Gasteiger charge is 2.32. The third-order valence-electron chi connectivity index (χ3n) is 7.04. The number of nitro benzene ring substituents is 1. The number of thiazole rings is 1. The number of rotatable bonds is 7. The van der Waals surface area contributed by atoms with Gasteiger partial charge in [0.1, 0.15) is 23.1 Å². The van der Waals surface area contributed by atoms with Crippen molar-refractivity contribution in [2.45, 2.75) is 13.0 Å². The number of hydrogen-bond donors (Lipinski definition) is 1. The monoisotopic (exact) mass is 610 g/mol. The standard InChI is InChI=1S/C32H23FN4O6S/c1-18-28(30(38)35-21-6-4-3-5-7-21)29(19-8-10-20(33)11-9-19)36-31(39)27(44-32(36)34-18)17-23-13-15-26(43-23)24-16-22(37(40)41)12-14-25(24)42-2/h3-17,29H,1-2H3,(H,35,38)/b27-17-. The van der Waals surface area contributed by atoms with E-state index in [-0.39, 0.29) is 15.8 Å². The van der Waals surface area contributed by atoms with Gasteiger partial charge >= 0.3 is 0 Å². The summed E-state index contributed by atoms with van der Waals surface area (Å²) in [5.74, 6) is 0.111. The summed E-state index contributed by atoms with van der Waals surface area (Å²) in [5, 5.41) is 14.2. The van der Waals surface area contributed by atoms with Crippen LogP contribution in [-0.4, -0.2) is 22.5 Å². The third-order valence-corrected chi connectivity index (χ3v) is 8.03. The number of furan rings is 1. The molecule has 1 aliphatic heterocycles. The van der Waals surface area contributed by atoms with Crippen LogP contribution in [0.2, 0.25) is 0 Å². The fraction of sp³-hybridized carbons (Fsp3) is 0.0938. The van der Waals surface area contributed by atoms with E-state index < -0.39 is 28.2 Å². The van der Waals surface area contributed by atoms with E-state index in [1.807, 2.05) is 6.07 Å². The molecule has 1 aliphatic rings. The predicted octanol–water partition coefficient (Wildman–Crippen LogP) is 5.19. The molecule has 12 heteroatoms. The van der Waals surface area contributed by atoms with Crippen LogP contribution in [0.25, 0.3) is 17.4 Å². The molecule has 10 nitrogen and oxygen atoms in total. The van der Waals surface area contributed by atoms with Gasteiger partial charge in [0.05, 0.1) is 39.4 Å². The van der Waals surface area contributed by atoms with Gasteiger partial charge in [-0.3, -0.25) is 24.3 Å². The lowest BCUT2D eigenvalue weighted by Gasteiger charge is -2.25. The Hall–Kier alpha value is -5.62. The normalized spacial score (nSPS) is 14.6. The first-order chi connectivity index (χ1) is 21.2. The molecule has 0 fully saturated rings. The summed E-state index contributed by atoms with van der Waals surface area (Å²) in [6.07, 6.45) is 1.54. The van der Waals surface area contributed by atoms with Crippen LogP contribution in [0.15, 0.2) is 110 Å². The number of non-ortho nitro benzene ring substituents is 1. The van der Waals surface area contributed by atoms with Crippen LogP contribution in [0.5, 0.6) is 5.75 Å². The Balaban J connectivity index is 1.44. The molecule has 1 unspecified atom stereocenters. The second-order valence-corrected chi connectivity index (χ2v) is 10.8. The lowest BCUT2D eigenvalue weighted by Crippen LogP contribution is -2.40. The smallest absolute Gasteiger partial charge is 0.271 e. The molecule has 1 N–H and O–H groups in total. The quantitative estimate of drug-likeness (QED) is 0.200. The molecule has 6 rings (SSSR count). The van der Waals surface area contributed by atoms with Crippen molar-refractivity contribution in [2.75, 3.05) is 12.4 Å². The van der Waals surface area contributed by atoms with Crippen molar-refractivity contribution in [3.05, 3.63) is 143 Å². The number of nitrogens with one attached hydrogen (secondary N) is 1. The molecule has 0 saturated carbocycles. The van der Waals surface area contributed by atoms with E-state index >= 15 is 0 Å². The zero-order valence-corrected chi connectivity index (χ0v) is 24.1. The van der Waals surface area contributed by atoms with E-state index in [0.29, 0.717) is 44.6 Å². The molecular weight excluding hydrogens is 587 g/mol. The number of ether oxygens (including phenoxy) is 1. The predicted molar refractivity (Wildman–Crippen MR) is 163 cm³/mol. The summed E-state index contributed by atoms with van der Waals surface area (Å²) in [5.41, 5.74) is 1.59. The molecule has 5 aromatic rings. The molecule has 0 aliphatic carbocycles. The van der Waals surface area contributed by atoms with Crippen LogP contribution in [-0.2, 0) is 4.79 Å². The molecule has 0 spiro atoms. The topological polar surface area (TPSA) is 129 Å². The van der Waals surface area contributed by atoms with E-state index in [1.54, 1.807) is 49.4 Å². The number of anilines is 1. The Morgan fingerprint density at radius 3 is 2.57 bits per heavy atom. The molecule has 1 atom stereocenters. The van der Waals surface area contributed by atoms with Crippen molar-refractivity contribution in [1.29, 1.82) is 0 Å². The van der Waals surface area contributed by atoms with Crippen LogP contribution in [0.3, 0.4) is 0 Å². The maximum absolute atomic E-state index is 13.9. The maximum Gasteiger partial charge on any atom is 0.271 e. The summed E-state index contributed by atoms with van der Waals surface area (Å²) in [7, 11) is 1.45. The fourth-order valence-electron chi connectivity index (χ4n) is 5.00. The van der Waals surface area contributed by atoms with Gasteiger partial charge in [-0.1, -0.05) is 41.7 Å². The van der Waals surface area contributed by atoms with Gasteiger partial charge in [0, 0.05) is 23.9 Å². The van der Waals surface area contributed by atoms with E-state index in [2.05, 4.69) is 10.3 Å². The molecule has 3 aromatic carbocycles. The number of aromatic nitrogens is 1. The van der Waals surface area contributed by atoms with E-state index in [0.717, 1.165) is 11.3 Å². The lowest BCUT2D eigenvalue weighted by atomic mass is 9.95. The number of para-hydroxylation sites is 1. The van der Waals surface area contributed by atoms with Crippen molar-refractivity contribution in [3.8, 4) is 17.1 Å². The van der Waals surface area contributed by atoms with Crippen LogP contribution < -0.4 is 24.9 Å². The van der Waals surface area contributed by atoms with Gasteiger partial charge in [0.15, 0.2) is 4.80 Å². The first-order valence-electron chi connectivity index (χ1n) is 13.3. The molecule has 0 radical (unpaired) electrons. The van der Waals surface area contributed by atoms with Gasteiger partial charge in [-0.25, -0.2) is 9.38 Å². The first-order valence-corrected chi connectivity index (χ1v) is 14.1. The van der Waals surface area contributed by atoms with Crippen LogP contribution in [0.1, 0.15) is 24.3 Å². The van der Waals surface area contributed by atoms with Crippen molar-refractivity contribution in [2.24, 2.45) is 4.99 Å². The molecule has 0 bridgehead atoms. The third kappa shape index (κ3) is 5.34. The molecule has 2 aromatic heterocycles. The van der Waals surface area contributed by atoms with E-state index in [4.69, 9.17) is 9.15 Å². The Kier molecular flexibility index (Phi) is 7.50. The average molecular weight is 611 g/mol. The Labute approximate surface area is 252 Å². The van der Waals surface area contributed by atoms with Gasteiger partial charge < -0.3 is 14.5 Å². The van der Waals surface area contributed by atoms with Crippen molar-refractivity contribution in [1.82, 2.24) is 4.57 Å². The van der Waals surface area contributed by atoms with Gasteiger partial charge in [-0.15, -0.1) is 0 Å². The van der Waals surface area contributed by atoms with Crippen molar-refractivity contribution < 1.29 is 23.3 Å². The Morgan fingerprint density at radius 1 is 1.11 bits per heavy atom. The summed E-state index contributed by atoms with van der Waals surface area (Å²) < 4.78 is 26.9. The largest absolute Gasteiger partial charge is 0.496 e. The first kappa shape index (κ1) is 28.5. The highest BCUT2D eigenvalue weighted by Crippen LogP contribution is 2.35. The molecule has 3 heterocycles. The molecule has 220 valence electrons. The number of methoxy groups -OCH3 is 1. The van der Waals surface area contributed by atoms with Crippen LogP contribution >= 0.6 is 11.3 Å². The number of halogens is 1. The summed E-state index contributed by atoms with van der Waals surface area (Å²) in [6.45, 7) is 1.69. The number of fused-ring (bicyclic) bond motifs is 1. The maximum atomic E-state index is 13.9. The second kappa shape index (κ2) is 11.6. The van der Waals surface area contributed by atoms with Crippen LogP contribution in [0, 0.1) is 15.9 Å². The highest BCUT2D eigenvalue weighted by atomic mass is 32.1. The number of hydrogen-bond acceptors (Lipinski definition) is 8. The number of nitrogens with zero attached hydrogens (tertiary/aromatic N) is 3. The highest BCUT2D eigenvalue weighted by molar-refractivity contribution is 7.07. The minimum atomic E-state index is -0.876. The zero-order chi connectivity index (χ0) is 31.0. The van der Waals surface area contributed by atoms with Gasteiger partial charge in [-0.2, -0.15) is 0 Å². The lowest BCUT2D eigenvalue weighted by molar-refractivity contribution is -0.384. The van der Waals surface area contributed by atoms with E-state index in [9.17, 15) is 24.1 Å². The van der Waals surface area contributed by atoms with Gasteiger partial charge in [-0.05, 0) is 55.0 Å². The Bertz CT molecular complexity index is 2130. The summed E-state index contributed by atoms with van der Waals surface area (Å²) >= 11 is 1.11. The second-order valence-electron chi connectivity index (χ2n) is 9.80. The number of carbonyl (C=O) groups excluding carboxylic acids is 1. The molecular formula is C32H23FN4O6S. The van der Waals surface area contributed by atoms with E-state index in [1.165, 1.54) is 54.1 Å². The number of allylic oxidation sites excluding steroid dienone is 1. The summed E-state index contributed by atoms with van der Waals surface area (Å²) in [4.78, 5) is 43.3. The molecule has 44 heavy (non-hydrogen) atoms. The van der Waals surface area contributed by atoms with Gasteiger partial charge in [0.2, 0.25) is 0 Å². The summed E-state index contributed by atoms with van der Waals surface area (Å²) in [6, 6.07) is 21.1. The zero-order valence-electron chi connectivity index (χ0n) is 23.3. The van der Waals surface area contributed by atoms with Gasteiger partial charge in [0.25, 0.3) is 17.2 Å². The van der Waals surface area contributed by atoms with Crippen LogP contribution in [0.4, 0.5) is 15.8 Å². The molecule has 1 amide bonds. The Morgan fingerprint density at radius 2 is 1.86 bits per heavy atom.